The molecule has 0 bridgehead atoms. The molecule has 0 aliphatic rings. The molecule has 0 aliphatic carbocycles. The molecule has 20 heavy (non-hydrogen) atoms. The van der Waals surface area contributed by atoms with Crippen LogP contribution in [0.1, 0.15) is 40.5 Å². The summed E-state index contributed by atoms with van der Waals surface area (Å²) in [6, 6.07) is 0. The molecule has 2 nitrogen and oxygen atoms in total. The number of hydrogen-bond acceptors (Lipinski definition) is 6. The van der Waals surface area contributed by atoms with Crippen molar-refractivity contribution >= 4 is 56.7 Å². The normalized spacial score (nSPS) is 10.9. The van der Waals surface area contributed by atoms with Crippen LogP contribution >= 0.6 is 48.0 Å². The highest BCUT2D eigenvalue weighted by molar-refractivity contribution is 8.23. The van der Waals surface area contributed by atoms with E-state index in [1.165, 1.54) is 0 Å². The second kappa shape index (κ2) is 13.2. The molecular formula is C14H26O2S4. The van der Waals surface area contributed by atoms with Gasteiger partial charge in [-0.15, -0.1) is 0 Å². The molecule has 0 saturated heterocycles. The van der Waals surface area contributed by atoms with E-state index in [9.17, 15) is 0 Å². The number of thiocarbonyl (C=S) groups is 2. The van der Waals surface area contributed by atoms with Crippen molar-refractivity contribution in [1.82, 2.24) is 0 Å². The van der Waals surface area contributed by atoms with Crippen LogP contribution in [0.5, 0.6) is 0 Å². The van der Waals surface area contributed by atoms with E-state index in [4.69, 9.17) is 33.9 Å². The molecule has 0 aromatic rings. The van der Waals surface area contributed by atoms with Crippen LogP contribution in [0.15, 0.2) is 0 Å². The van der Waals surface area contributed by atoms with Gasteiger partial charge in [-0.3, -0.25) is 0 Å². The third kappa shape index (κ3) is 14.9. The molecule has 0 aromatic heterocycles. The highest BCUT2D eigenvalue weighted by atomic mass is 32.2. The van der Waals surface area contributed by atoms with Crippen molar-refractivity contribution in [3.05, 3.63) is 0 Å². The zero-order valence-corrected chi connectivity index (χ0v) is 16.1. The average Bonchev–Trinajstić information content (AvgIpc) is 2.37. The van der Waals surface area contributed by atoms with Gasteiger partial charge < -0.3 is 9.47 Å². The smallest absolute Gasteiger partial charge is 0.219 e. The fourth-order valence-electron chi connectivity index (χ4n) is 1.07. The van der Waals surface area contributed by atoms with E-state index < -0.39 is 0 Å². The molecule has 0 N–H and O–H groups in total. The zero-order valence-electron chi connectivity index (χ0n) is 12.8. The van der Waals surface area contributed by atoms with Gasteiger partial charge >= 0.3 is 0 Å². The van der Waals surface area contributed by atoms with E-state index >= 15 is 0 Å². The molecule has 0 rings (SSSR count). The van der Waals surface area contributed by atoms with E-state index in [1.54, 1.807) is 23.5 Å². The van der Waals surface area contributed by atoms with E-state index in [-0.39, 0.29) is 0 Å². The van der Waals surface area contributed by atoms with Gasteiger partial charge in [-0.2, -0.15) is 0 Å². The second-order valence-electron chi connectivity index (χ2n) is 5.31. The topological polar surface area (TPSA) is 18.5 Å². The van der Waals surface area contributed by atoms with Gasteiger partial charge in [-0.05, 0) is 49.1 Å². The monoisotopic (exact) mass is 354 g/mol. The first-order valence-electron chi connectivity index (χ1n) is 7.01. The van der Waals surface area contributed by atoms with Crippen molar-refractivity contribution in [2.45, 2.75) is 40.5 Å². The molecular weight excluding hydrogens is 328 g/mol. The first-order valence-corrected chi connectivity index (χ1v) is 9.79. The van der Waals surface area contributed by atoms with Gasteiger partial charge in [0.1, 0.15) is 0 Å². The minimum atomic E-state index is 0.525. The Bertz CT molecular complexity index is 252. The maximum Gasteiger partial charge on any atom is 0.219 e. The first kappa shape index (κ1) is 20.5. The number of ether oxygens (including phenoxy) is 2. The maximum atomic E-state index is 5.45. The summed E-state index contributed by atoms with van der Waals surface area (Å²) in [5.74, 6) is 3.07. The first-order chi connectivity index (χ1) is 9.41. The Morgan fingerprint density at radius 1 is 0.800 bits per heavy atom. The summed E-state index contributed by atoms with van der Waals surface area (Å²) in [6.07, 6.45) is 2.24. The van der Waals surface area contributed by atoms with Crippen LogP contribution in [0.25, 0.3) is 0 Å². The predicted molar refractivity (Wildman–Crippen MR) is 101 cm³/mol. The van der Waals surface area contributed by atoms with Crippen molar-refractivity contribution < 1.29 is 9.47 Å². The Kier molecular flexibility index (Phi) is 13.5. The van der Waals surface area contributed by atoms with E-state index in [2.05, 4.69) is 27.7 Å². The highest BCUT2D eigenvalue weighted by Gasteiger charge is 2.03. The number of unbranched alkanes of at least 4 members (excludes halogenated alkanes) is 1. The molecule has 6 heteroatoms. The summed E-state index contributed by atoms with van der Waals surface area (Å²) in [6.45, 7) is 9.90. The Balaban J connectivity index is 3.35. The minimum Gasteiger partial charge on any atom is -0.478 e. The summed E-state index contributed by atoms with van der Waals surface area (Å²) in [7, 11) is 0. The average molecular weight is 355 g/mol. The summed E-state index contributed by atoms with van der Waals surface area (Å²) in [5, 5.41) is 0. The Labute approximate surface area is 143 Å². The third-order valence-corrected chi connectivity index (χ3v) is 4.68. The number of rotatable bonds is 9. The van der Waals surface area contributed by atoms with Crippen LogP contribution in [0, 0.1) is 11.8 Å². The predicted octanol–water partition coefficient (Wildman–Crippen LogP) is 5.15. The lowest BCUT2D eigenvalue weighted by Gasteiger charge is -2.09. The van der Waals surface area contributed by atoms with Crippen molar-refractivity contribution in [2.24, 2.45) is 11.8 Å². The molecule has 0 amide bonds. The molecule has 0 radical (unpaired) electrons. The fraction of sp³-hybridized carbons (Fsp3) is 0.857. The van der Waals surface area contributed by atoms with Gasteiger partial charge in [0.2, 0.25) is 8.77 Å². The van der Waals surface area contributed by atoms with Gasteiger partial charge in [-0.25, -0.2) is 0 Å². The van der Waals surface area contributed by atoms with Gasteiger partial charge in [0, 0.05) is 11.5 Å². The molecule has 0 heterocycles. The molecule has 0 atom stereocenters. The molecule has 0 aromatic carbocycles. The lowest BCUT2D eigenvalue weighted by molar-refractivity contribution is 0.273. The SMILES string of the molecule is CC(C)COC(=S)SCCCCSC(=S)OCC(C)C. The maximum absolute atomic E-state index is 5.45. The fourth-order valence-corrected chi connectivity index (χ4v) is 3.04. The van der Waals surface area contributed by atoms with Crippen LogP contribution < -0.4 is 0 Å². The third-order valence-electron chi connectivity index (χ3n) is 2.05. The minimum absolute atomic E-state index is 0.525. The molecule has 0 spiro atoms. The molecule has 0 saturated carbocycles. The van der Waals surface area contributed by atoms with Crippen LogP contribution in [0.3, 0.4) is 0 Å². The number of hydrogen-bond donors (Lipinski definition) is 0. The van der Waals surface area contributed by atoms with Gasteiger partial charge in [0.05, 0.1) is 13.2 Å². The van der Waals surface area contributed by atoms with Gasteiger partial charge in [0.25, 0.3) is 0 Å². The van der Waals surface area contributed by atoms with E-state index in [0.717, 1.165) is 24.3 Å². The summed E-state index contributed by atoms with van der Waals surface area (Å²) in [5.41, 5.74) is 0. The Morgan fingerprint density at radius 3 is 1.45 bits per heavy atom. The van der Waals surface area contributed by atoms with Gasteiger partial charge in [-0.1, -0.05) is 51.2 Å². The highest BCUT2D eigenvalue weighted by Crippen LogP contribution is 2.14. The lowest BCUT2D eigenvalue weighted by atomic mass is 10.2. The van der Waals surface area contributed by atoms with E-state index in [1.807, 2.05) is 0 Å². The molecule has 0 unspecified atom stereocenters. The summed E-state index contributed by atoms with van der Waals surface area (Å²) < 4.78 is 12.2. The van der Waals surface area contributed by atoms with Crippen molar-refractivity contribution in [3.63, 3.8) is 0 Å². The Hall–Kier alpha value is 0.480. The standard InChI is InChI=1S/C14H26O2S4/c1-11(2)9-15-13(17)19-7-5-6-8-20-14(18)16-10-12(3)4/h11-12H,5-10H2,1-4H3. The molecule has 0 fully saturated rings. The number of thioether (sulfide) groups is 2. The van der Waals surface area contributed by atoms with Gasteiger partial charge in [0.15, 0.2) is 0 Å². The Morgan fingerprint density at radius 2 is 1.15 bits per heavy atom. The van der Waals surface area contributed by atoms with Crippen LogP contribution in [0.4, 0.5) is 0 Å². The van der Waals surface area contributed by atoms with Crippen LogP contribution in [-0.2, 0) is 9.47 Å². The summed E-state index contributed by atoms with van der Waals surface area (Å²) in [4.78, 5) is 0. The van der Waals surface area contributed by atoms with Crippen LogP contribution in [-0.4, -0.2) is 33.5 Å². The van der Waals surface area contributed by atoms with Crippen molar-refractivity contribution in [1.29, 1.82) is 0 Å². The van der Waals surface area contributed by atoms with Crippen LogP contribution in [0.2, 0.25) is 0 Å². The zero-order chi connectivity index (χ0) is 15.4. The second-order valence-corrected chi connectivity index (χ2v) is 8.71. The lowest BCUT2D eigenvalue weighted by Crippen LogP contribution is -2.06. The van der Waals surface area contributed by atoms with Crippen molar-refractivity contribution in [3.8, 4) is 0 Å². The molecule has 118 valence electrons. The van der Waals surface area contributed by atoms with Crippen molar-refractivity contribution in [2.75, 3.05) is 24.7 Å². The largest absolute Gasteiger partial charge is 0.478 e. The summed E-state index contributed by atoms with van der Waals surface area (Å²) >= 11 is 13.5. The molecule has 0 aliphatic heterocycles. The quantitative estimate of drug-likeness (QED) is 0.418. The van der Waals surface area contributed by atoms with E-state index in [0.29, 0.717) is 33.8 Å².